The molecule has 0 radical (unpaired) electrons. The summed E-state index contributed by atoms with van der Waals surface area (Å²) >= 11 is 2.02. The normalized spacial score (nSPS) is 23.7. The van der Waals surface area contributed by atoms with Crippen LogP contribution >= 0.6 is 11.8 Å². The maximum Gasteiger partial charge on any atom is 0.309 e. The summed E-state index contributed by atoms with van der Waals surface area (Å²) in [5, 5.41) is 14.1. The van der Waals surface area contributed by atoms with Crippen molar-refractivity contribution in [1.82, 2.24) is 9.80 Å². The molecule has 7 nitrogen and oxygen atoms in total. The summed E-state index contributed by atoms with van der Waals surface area (Å²) in [6, 6.07) is 11.8. The van der Waals surface area contributed by atoms with Gasteiger partial charge in [-0.3, -0.25) is 9.69 Å². The van der Waals surface area contributed by atoms with Crippen molar-refractivity contribution in [2.45, 2.75) is 57.1 Å². The Labute approximate surface area is 245 Å². The van der Waals surface area contributed by atoms with Crippen molar-refractivity contribution in [2.24, 2.45) is 10.6 Å². The fraction of sp³-hybridized carbons (Fsp3) is 0.562. The molecular formula is C32H39FN4O3S. The molecule has 0 atom stereocenters. The summed E-state index contributed by atoms with van der Waals surface area (Å²) in [6.45, 7) is 7.93. The van der Waals surface area contributed by atoms with Gasteiger partial charge in [0, 0.05) is 63.0 Å². The third kappa shape index (κ3) is 5.31. The second-order valence-electron chi connectivity index (χ2n) is 12.9. The van der Waals surface area contributed by atoms with E-state index in [2.05, 4.69) is 32.0 Å². The Kier molecular flexibility index (Phi) is 6.93. The zero-order valence-electron chi connectivity index (χ0n) is 23.8. The second kappa shape index (κ2) is 10.5. The highest BCUT2D eigenvalue weighted by atomic mass is 32.2. The van der Waals surface area contributed by atoms with E-state index in [1.165, 1.54) is 35.2 Å². The average Bonchev–Trinajstić information content (AvgIpc) is 3.72. The van der Waals surface area contributed by atoms with Crippen LogP contribution < -0.4 is 4.90 Å². The molecule has 9 heteroatoms. The topological polar surface area (TPSA) is 68.6 Å². The Morgan fingerprint density at radius 2 is 1.78 bits per heavy atom. The van der Waals surface area contributed by atoms with Crippen molar-refractivity contribution in [3.05, 3.63) is 53.3 Å². The van der Waals surface area contributed by atoms with Crippen molar-refractivity contribution in [3.63, 3.8) is 0 Å². The van der Waals surface area contributed by atoms with E-state index in [4.69, 9.17) is 4.84 Å². The fourth-order valence-electron chi connectivity index (χ4n) is 6.92. The second-order valence-corrected chi connectivity index (χ2v) is 14.1. The Morgan fingerprint density at radius 3 is 2.44 bits per heavy atom. The van der Waals surface area contributed by atoms with E-state index in [1.807, 2.05) is 30.8 Å². The SMILES string of the molecule is CC1(C(=O)O)CCN(C2=NOC3(C2)CN(Cc2cc(C4CC4)c(-c4ccc(F)cc4)cc2N2CCSCC2)C3)CC1. The first-order chi connectivity index (χ1) is 19.8. The monoisotopic (exact) mass is 578 g/mol. The fourth-order valence-corrected chi connectivity index (χ4v) is 7.83. The summed E-state index contributed by atoms with van der Waals surface area (Å²) in [7, 11) is 0. The first-order valence-corrected chi connectivity index (χ1v) is 16.2. The highest BCUT2D eigenvalue weighted by molar-refractivity contribution is 7.99. The number of halogens is 1. The molecule has 4 fully saturated rings. The number of hydrogen-bond donors (Lipinski definition) is 1. The predicted octanol–water partition coefficient (Wildman–Crippen LogP) is 5.40. The molecule has 5 aliphatic rings. The number of nitrogens with zero attached hydrogens (tertiary/aromatic N) is 4. The standard InChI is InChI=1S/C32H39FN4O3S/c1-31(30(38)39)8-10-37(11-9-31)29-18-32(40-34-29)20-35(21-32)19-24-16-26(22-2-3-22)27(23-4-6-25(33)7-5-23)17-28(24)36-12-14-41-15-13-36/h4-7,16-17,22H,2-3,8-15,18-21H2,1H3,(H,38,39). The van der Waals surface area contributed by atoms with E-state index >= 15 is 0 Å². The first-order valence-electron chi connectivity index (χ1n) is 15.0. The van der Waals surface area contributed by atoms with Gasteiger partial charge in [0.1, 0.15) is 11.7 Å². The number of benzene rings is 2. The molecule has 4 aliphatic heterocycles. The van der Waals surface area contributed by atoms with E-state index in [0.29, 0.717) is 31.8 Å². The maximum atomic E-state index is 13.8. The Bertz CT molecular complexity index is 1340. The number of amidine groups is 1. The lowest BCUT2D eigenvalue weighted by Gasteiger charge is -2.46. The van der Waals surface area contributed by atoms with Crippen molar-refractivity contribution < 1.29 is 19.1 Å². The lowest BCUT2D eigenvalue weighted by atomic mass is 9.80. The van der Waals surface area contributed by atoms with Gasteiger partial charge in [0.15, 0.2) is 5.60 Å². The van der Waals surface area contributed by atoms with Gasteiger partial charge in [0.25, 0.3) is 0 Å². The van der Waals surface area contributed by atoms with Crippen molar-refractivity contribution in [3.8, 4) is 11.1 Å². The van der Waals surface area contributed by atoms with Crippen molar-refractivity contribution in [2.75, 3.05) is 55.7 Å². The highest BCUT2D eigenvalue weighted by Crippen LogP contribution is 2.47. The van der Waals surface area contributed by atoms with E-state index in [0.717, 1.165) is 62.0 Å². The van der Waals surface area contributed by atoms with Crippen LogP contribution in [0.25, 0.3) is 11.1 Å². The van der Waals surface area contributed by atoms with Gasteiger partial charge >= 0.3 is 5.97 Å². The van der Waals surface area contributed by atoms with Gasteiger partial charge in [-0.15, -0.1) is 0 Å². The zero-order chi connectivity index (χ0) is 28.2. The molecule has 218 valence electrons. The van der Waals surface area contributed by atoms with E-state index < -0.39 is 11.4 Å². The van der Waals surface area contributed by atoms with Crippen LogP contribution in [-0.4, -0.2) is 83.1 Å². The summed E-state index contributed by atoms with van der Waals surface area (Å²) in [4.78, 5) is 24.9. The van der Waals surface area contributed by atoms with Crippen molar-refractivity contribution >= 4 is 29.3 Å². The van der Waals surface area contributed by atoms with Crippen LogP contribution in [0, 0.1) is 11.2 Å². The van der Waals surface area contributed by atoms with Gasteiger partial charge in [-0.05, 0) is 79.0 Å². The Balaban J connectivity index is 1.07. The van der Waals surface area contributed by atoms with Gasteiger partial charge in [-0.25, -0.2) is 4.39 Å². The number of aliphatic carboxylic acids is 1. The number of anilines is 1. The summed E-state index contributed by atoms with van der Waals surface area (Å²) in [6.07, 6.45) is 4.50. The molecule has 0 bridgehead atoms. The lowest BCUT2D eigenvalue weighted by molar-refractivity contribution is -0.150. The number of piperidine rings is 1. The van der Waals surface area contributed by atoms with Crippen LogP contribution in [0.3, 0.4) is 0 Å². The number of rotatable bonds is 6. The molecule has 0 aromatic heterocycles. The van der Waals surface area contributed by atoms with Gasteiger partial charge in [0.05, 0.1) is 11.8 Å². The van der Waals surface area contributed by atoms with E-state index in [-0.39, 0.29) is 11.4 Å². The van der Waals surface area contributed by atoms with E-state index in [1.54, 1.807) is 12.1 Å². The number of oxime groups is 1. The largest absolute Gasteiger partial charge is 0.481 e. The van der Waals surface area contributed by atoms with Gasteiger partial charge in [-0.1, -0.05) is 23.4 Å². The molecule has 2 aromatic rings. The number of thioether (sulfide) groups is 1. The van der Waals surface area contributed by atoms with Crippen LogP contribution in [0.2, 0.25) is 0 Å². The van der Waals surface area contributed by atoms with Crippen LogP contribution in [-0.2, 0) is 16.2 Å². The number of carboxylic acids is 1. The smallest absolute Gasteiger partial charge is 0.309 e. The third-order valence-corrected chi connectivity index (χ3v) is 10.7. The van der Waals surface area contributed by atoms with Gasteiger partial charge < -0.3 is 19.7 Å². The Hall–Kier alpha value is -2.78. The minimum absolute atomic E-state index is 0.196. The third-order valence-electron chi connectivity index (χ3n) is 9.77. The number of carboxylic acid groups (broad SMARTS) is 1. The van der Waals surface area contributed by atoms with Crippen LogP contribution in [0.5, 0.6) is 0 Å². The van der Waals surface area contributed by atoms with Crippen LogP contribution in [0.15, 0.2) is 41.6 Å². The predicted molar refractivity (Wildman–Crippen MR) is 161 cm³/mol. The van der Waals surface area contributed by atoms with E-state index in [9.17, 15) is 14.3 Å². The molecule has 1 spiro atoms. The van der Waals surface area contributed by atoms with Crippen LogP contribution in [0.1, 0.15) is 56.1 Å². The quantitative estimate of drug-likeness (QED) is 0.493. The summed E-state index contributed by atoms with van der Waals surface area (Å²) < 4.78 is 13.8. The first kappa shape index (κ1) is 27.1. The number of carbonyl (C=O) groups is 1. The molecule has 7 rings (SSSR count). The molecule has 41 heavy (non-hydrogen) atoms. The molecule has 4 heterocycles. The number of likely N-dealkylation sites (tertiary alicyclic amines) is 2. The summed E-state index contributed by atoms with van der Waals surface area (Å²) in [5.74, 6) is 2.94. The number of hydrogen-bond acceptors (Lipinski definition) is 7. The molecule has 2 aromatic carbocycles. The molecule has 1 saturated carbocycles. The molecule has 0 amide bonds. The average molecular weight is 579 g/mol. The maximum absolute atomic E-state index is 13.8. The van der Waals surface area contributed by atoms with Crippen molar-refractivity contribution in [1.29, 1.82) is 0 Å². The Morgan fingerprint density at radius 1 is 1.07 bits per heavy atom. The molecule has 0 unspecified atom stereocenters. The minimum atomic E-state index is -0.703. The zero-order valence-corrected chi connectivity index (χ0v) is 24.6. The minimum Gasteiger partial charge on any atom is -0.481 e. The lowest BCUT2D eigenvalue weighted by Crippen LogP contribution is -2.61. The molecule has 3 saturated heterocycles. The summed E-state index contributed by atoms with van der Waals surface area (Å²) in [5.41, 5.74) is 5.54. The highest BCUT2D eigenvalue weighted by Gasteiger charge is 2.51. The molecule has 1 N–H and O–H groups in total. The van der Waals surface area contributed by atoms with Gasteiger partial charge in [0.2, 0.25) is 0 Å². The molecule has 1 aliphatic carbocycles. The van der Waals surface area contributed by atoms with Crippen LogP contribution in [0.4, 0.5) is 10.1 Å². The molecular weight excluding hydrogens is 539 g/mol. The van der Waals surface area contributed by atoms with Gasteiger partial charge in [-0.2, -0.15) is 11.8 Å².